The molecule has 0 N–H and O–H groups in total. The van der Waals surface area contributed by atoms with Crippen molar-refractivity contribution in [3.8, 4) is 11.5 Å². The molecule has 4 nitrogen and oxygen atoms in total. The molecule has 1 aliphatic rings. The Hall–Kier alpha value is -2.36. The van der Waals surface area contributed by atoms with Gasteiger partial charge in [-0.3, -0.25) is 9.59 Å². The van der Waals surface area contributed by atoms with Crippen LogP contribution in [0.5, 0.6) is 11.5 Å². The second kappa shape index (κ2) is 7.77. The molecular formula is C19H22O4. The van der Waals surface area contributed by atoms with Gasteiger partial charge in [0, 0.05) is 24.0 Å². The number of ketones is 2. The standard InChI is InChI=1S/C19H22O4/c1-13-6-4-5-7-15(13)17(21)10-9-16(20)14-8-11-18(22-2)19(12-14)23-3/h5,7-8,11-12H,4,6,9-10H2,1-3H3. The lowest BCUT2D eigenvalue weighted by atomic mass is 9.93. The Kier molecular flexibility index (Phi) is 5.74. The van der Waals surface area contributed by atoms with E-state index in [-0.39, 0.29) is 24.4 Å². The number of hydrogen-bond donors (Lipinski definition) is 0. The second-order valence-electron chi connectivity index (χ2n) is 5.55. The van der Waals surface area contributed by atoms with E-state index in [1.54, 1.807) is 25.3 Å². The molecule has 0 atom stereocenters. The first-order valence-electron chi connectivity index (χ1n) is 7.71. The van der Waals surface area contributed by atoms with Crippen LogP contribution in [0.3, 0.4) is 0 Å². The normalized spacial score (nSPS) is 13.9. The molecule has 0 spiro atoms. The van der Waals surface area contributed by atoms with E-state index in [1.807, 2.05) is 19.1 Å². The van der Waals surface area contributed by atoms with E-state index >= 15 is 0 Å². The summed E-state index contributed by atoms with van der Waals surface area (Å²) in [6.07, 6.45) is 6.20. The van der Waals surface area contributed by atoms with E-state index in [0.29, 0.717) is 17.1 Å². The van der Waals surface area contributed by atoms with Gasteiger partial charge >= 0.3 is 0 Å². The fourth-order valence-corrected chi connectivity index (χ4v) is 2.62. The van der Waals surface area contributed by atoms with Crippen LogP contribution in [0.2, 0.25) is 0 Å². The van der Waals surface area contributed by atoms with Gasteiger partial charge in [0.05, 0.1) is 14.2 Å². The van der Waals surface area contributed by atoms with E-state index in [4.69, 9.17) is 9.47 Å². The molecule has 2 rings (SSSR count). The van der Waals surface area contributed by atoms with Crippen molar-refractivity contribution in [1.82, 2.24) is 0 Å². The Morgan fingerprint density at radius 2 is 1.74 bits per heavy atom. The van der Waals surface area contributed by atoms with E-state index in [9.17, 15) is 9.59 Å². The fraction of sp³-hybridized carbons (Fsp3) is 0.368. The van der Waals surface area contributed by atoms with Gasteiger partial charge in [-0.05, 0) is 38.0 Å². The molecule has 0 bridgehead atoms. The third-order valence-corrected chi connectivity index (χ3v) is 4.02. The monoisotopic (exact) mass is 314 g/mol. The van der Waals surface area contributed by atoms with Gasteiger partial charge in [0.1, 0.15) is 0 Å². The smallest absolute Gasteiger partial charge is 0.163 e. The third kappa shape index (κ3) is 4.09. The highest BCUT2D eigenvalue weighted by molar-refractivity contribution is 6.03. The molecule has 1 aliphatic carbocycles. The van der Waals surface area contributed by atoms with Gasteiger partial charge in [-0.15, -0.1) is 0 Å². The molecule has 23 heavy (non-hydrogen) atoms. The number of allylic oxidation sites excluding steroid dienone is 4. The summed E-state index contributed by atoms with van der Waals surface area (Å²) in [5, 5.41) is 0. The van der Waals surface area contributed by atoms with Crippen LogP contribution in [0.1, 0.15) is 43.0 Å². The lowest BCUT2D eigenvalue weighted by Gasteiger charge is -2.11. The first-order chi connectivity index (χ1) is 11.1. The number of rotatable bonds is 7. The van der Waals surface area contributed by atoms with Crippen LogP contribution in [0, 0.1) is 0 Å². The average Bonchev–Trinajstić information content (AvgIpc) is 2.59. The Labute approximate surface area is 136 Å². The Morgan fingerprint density at radius 1 is 1.04 bits per heavy atom. The number of hydrogen-bond acceptors (Lipinski definition) is 4. The van der Waals surface area contributed by atoms with Crippen LogP contribution in [-0.2, 0) is 4.79 Å². The number of benzene rings is 1. The molecule has 0 amide bonds. The second-order valence-corrected chi connectivity index (χ2v) is 5.55. The van der Waals surface area contributed by atoms with Crippen LogP contribution in [-0.4, -0.2) is 25.8 Å². The summed E-state index contributed by atoms with van der Waals surface area (Å²) in [5.41, 5.74) is 2.40. The predicted octanol–water partition coefficient (Wildman–Crippen LogP) is 3.90. The minimum absolute atomic E-state index is 0.0345. The highest BCUT2D eigenvalue weighted by Gasteiger charge is 2.16. The van der Waals surface area contributed by atoms with Crippen LogP contribution < -0.4 is 9.47 Å². The number of methoxy groups -OCH3 is 2. The largest absolute Gasteiger partial charge is 0.493 e. The molecular weight excluding hydrogens is 292 g/mol. The van der Waals surface area contributed by atoms with Crippen molar-refractivity contribution in [2.75, 3.05) is 14.2 Å². The molecule has 0 radical (unpaired) electrons. The Morgan fingerprint density at radius 3 is 2.39 bits per heavy atom. The van der Waals surface area contributed by atoms with Crippen molar-refractivity contribution in [2.45, 2.75) is 32.6 Å². The van der Waals surface area contributed by atoms with Crippen molar-refractivity contribution in [2.24, 2.45) is 0 Å². The zero-order chi connectivity index (χ0) is 16.8. The molecule has 0 aromatic heterocycles. The fourth-order valence-electron chi connectivity index (χ4n) is 2.62. The molecule has 4 heteroatoms. The van der Waals surface area contributed by atoms with Crippen LogP contribution in [0.25, 0.3) is 0 Å². The molecule has 0 saturated heterocycles. The van der Waals surface area contributed by atoms with Crippen molar-refractivity contribution in [1.29, 1.82) is 0 Å². The molecule has 0 fully saturated rings. The summed E-state index contributed by atoms with van der Waals surface area (Å²) in [6.45, 7) is 1.98. The van der Waals surface area contributed by atoms with Gasteiger partial charge in [-0.2, -0.15) is 0 Å². The summed E-state index contributed by atoms with van der Waals surface area (Å²) in [5.74, 6) is 1.05. The highest BCUT2D eigenvalue weighted by Crippen LogP contribution is 2.28. The molecule has 1 aromatic rings. The Bertz CT molecular complexity index is 668. The third-order valence-electron chi connectivity index (χ3n) is 4.02. The number of carbonyl (C=O) groups excluding carboxylic acids is 2. The van der Waals surface area contributed by atoms with Crippen molar-refractivity contribution < 1.29 is 19.1 Å². The van der Waals surface area contributed by atoms with E-state index < -0.39 is 0 Å². The average molecular weight is 314 g/mol. The van der Waals surface area contributed by atoms with Gasteiger partial charge in [0.2, 0.25) is 0 Å². The summed E-state index contributed by atoms with van der Waals surface area (Å²) in [4.78, 5) is 24.6. The quantitative estimate of drug-likeness (QED) is 0.716. The maximum atomic E-state index is 12.3. The van der Waals surface area contributed by atoms with Crippen molar-refractivity contribution in [3.63, 3.8) is 0 Å². The van der Waals surface area contributed by atoms with E-state index in [1.165, 1.54) is 7.11 Å². The molecule has 0 unspecified atom stereocenters. The van der Waals surface area contributed by atoms with Gasteiger partial charge in [0.15, 0.2) is 23.1 Å². The van der Waals surface area contributed by atoms with Crippen LogP contribution >= 0.6 is 0 Å². The van der Waals surface area contributed by atoms with Crippen LogP contribution in [0.4, 0.5) is 0 Å². The van der Waals surface area contributed by atoms with Gasteiger partial charge < -0.3 is 9.47 Å². The minimum Gasteiger partial charge on any atom is -0.493 e. The number of ether oxygens (including phenoxy) is 2. The van der Waals surface area contributed by atoms with Gasteiger partial charge in [-0.1, -0.05) is 17.7 Å². The number of carbonyl (C=O) groups is 2. The highest BCUT2D eigenvalue weighted by atomic mass is 16.5. The molecule has 0 saturated carbocycles. The summed E-state index contributed by atoms with van der Waals surface area (Å²) < 4.78 is 10.4. The topological polar surface area (TPSA) is 52.6 Å². The zero-order valence-corrected chi connectivity index (χ0v) is 13.8. The summed E-state index contributed by atoms with van der Waals surface area (Å²) >= 11 is 0. The maximum Gasteiger partial charge on any atom is 0.163 e. The van der Waals surface area contributed by atoms with Gasteiger partial charge in [-0.25, -0.2) is 0 Å². The number of Topliss-reactive ketones (excluding diaryl/α,β-unsaturated/α-hetero) is 2. The van der Waals surface area contributed by atoms with Crippen LogP contribution in [0.15, 0.2) is 41.5 Å². The molecule has 1 aromatic carbocycles. The van der Waals surface area contributed by atoms with E-state index in [2.05, 4.69) is 0 Å². The SMILES string of the molecule is COc1ccc(C(=O)CCC(=O)C2=C(C)CCC=C2)cc1OC. The van der Waals surface area contributed by atoms with Crippen molar-refractivity contribution in [3.05, 3.63) is 47.1 Å². The molecule has 122 valence electrons. The first-order valence-corrected chi connectivity index (χ1v) is 7.71. The first kappa shape index (κ1) is 17.0. The molecule has 0 aliphatic heterocycles. The zero-order valence-electron chi connectivity index (χ0n) is 13.8. The maximum absolute atomic E-state index is 12.3. The summed E-state index contributed by atoms with van der Waals surface area (Å²) in [6, 6.07) is 5.04. The van der Waals surface area contributed by atoms with Crippen molar-refractivity contribution >= 4 is 11.6 Å². The van der Waals surface area contributed by atoms with E-state index in [0.717, 1.165) is 24.0 Å². The lowest BCUT2D eigenvalue weighted by Crippen LogP contribution is -2.09. The lowest BCUT2D eigenvalue weighted by molar-refractivity contribution is -0.115. The predicted molar refractivity (Wildman–Crippen MR) is 89.2 cm³/mol. The van der Waals surface area contributed by atoms with Gasteiger partial charge in [0.25, 0.3) is 0 Å². The minimum atomic E-state index is -0.0719. The Balaban J connectivity index is 2.02. The molecule has 0 heterocycles. The summed E-state index contributed by atoms with van der Waals surface area (Å²) in [7, 11) is 3.08.